The van der Waals surface area contributed by atoms with Crippen LogP contribution in [0, 0.1) is 0 Å². The number of anilines is 1. The fourth-order valence-corrected chi connectivity index (χ4v) is 4.47. The number of aromatic nitrogens is 3. The van der Waals surface area contributed by atoms with Gasteiger partial charge < -0.3 is 29.1 Å². The van der Waals surface area contributed by atoms with Crippen molar-refractivity contribution in [2.24, 2.45) is 0 Å². The normalized spacial score (nSPS) is 17.1. The van der Waals surface area contributed by atoms with Gasteiger partial charge in [0.1, 0.15) is 23.4 Å². The van der Waals surface area contributed by atoms with E-state index in [0.29, 0.717) is 28.5 Å². The standard InChI is InChI=1S/C25H35N7O5/c1-15(2)29(7)19-10-16-17(18(27-19)12-28(6)24(36)37-25(3,4)5)11-31(22(16)33)21-14-30-9-8-26-20(30)13-32(21)23(34)35/h8-10,15,21H,11-14H2,1-7H3,(H,34,35). The number of hydrogen-bond donors (Lipinski definition) is 1. The first kappa shape index (κ1) is 26.2. The third-order valence-corrected chi connectivity index (χ3v) is 6.68. The molecule has 2 aliphatic heterocycles. The molecule has 2 aromatic heterocycles. The first-order chi connectivity index (χ1) is 17.3. The van der Waals surface area contributed by atoms with Gasteiger partial charge in [-0.2, -0.15) is 0 Å². The molecule has 0 bridgehead atoms. The summed E-state index contributed by atoms with van der Waals surface area (Å²) in [6.07, 6.45) is 1.09. The number of nitrogens with zero attached hydrogens (tertiary/aromatic N) is 7. The SMILES string of the molecule is CC(C)N(C)c1cc2c(c(CN(C)C(=O)OC(C)(C)C)n1)CN(C1Cn3ccnc3CN1C(=O)O)C2=O. The molecule has 12 nitrogen and oxygen atoms in total. The molecule has 3 amide bonds. The Morgan fingerprint density at radius 1 is 1.24 bits per heavy atom. The van der Waals surface area contributed by atoms with Crippen molar-refractivity contribution in [3.63, 3.8) is 0 Å². The lowest BCUT2D eigenvalue weighted by molar-refractivity contribution is 0.0147. The van der Waals surface area contributed by atoms with E-state index in [9.17, 15) is 19.5 Å². The average molecular weight is 514 g/mol. The summed E-state index contributed by atoms with van der Waals surface area (Å²) < 4.78 is 7.37. The van der Waals surface area contributed by atoms with Gasteiger partial charge in [0.15, 0.2) is 0 Å². The van der Waals surface area contributed by atoms with Crippen molar-refractivity contribution in [1.29, 1.82) is 0 Å². The molecule has 1 unspecified atom stereocenters. The van der Waals surface area contributed by atoms with Gasteiger partial charge in [-0.3, -0.25) is 9.69 Å². The molecule has 0 saturated heterocycles. The number of amides is 3. The first-order valence-electron chi connectivity index (χ1n) is 12.3. The van der Waals surface area contributed by atoms with E-state index in [0.717, 1.165) is 0 Å². The lowest BCUT2D eigenvalue weighted by atomic mass is 10.1. The van der Waals surface area contributed by atoms with Crippen LogP contribution in [0.25, 0.3) is 0 Å². The van der Waals surface area contributed by atoms with E-state index in [2.05, 4.69) is 4.98 Å². The van der Waals surface area contributed by atoms with Crippen molar-refractivity contribution in [1.82, 2.24) is 29.2 Å². The molecule has 0 radical (unpaired) electrons. The van der Waals surface area contributed by atoms with Crippen LogP contribution in [0.15, 0.2) is 18.5 Å². The highest BCUT2D eigenvalue weighted by atomic mass is 16.6. The molecule has 0 aliphatic carbocycles. The molecule has 2 aromatic rings. The minimum Gasteiger partial charge on any atom is -0.465 e. The second-order valence-corrected chi connectivity index (χ2v) is 10.8. The summed E-state index contributed by atoms with van der Waals surface area (Å²) in [6, 6.07) is 1.88. The summed E-state index contributed by atoms with van der Waals surface area (Å²) in [5.41, 5.74) is 1.07. The van der Waals surface area contributed by atoms with Crippen LogP contribution in [-0.2, 0) is 30.9 Å². The van der Waals surface area contributed by atoms with Crippen molar-refractivity contribution in [2.75, 3.05) is 19.0 Å². The van der Waals surface area contributed by atoms with Crippen molar-refractivity contribution in [3.8, 4) is 0 Å². The largest absolute Gasteiger partial charge is 0.465 e. The van der Waals surface area contributed by atoms with E-state index in [1.165, 1.54) is 9.80 Å². The number of hydrogen-bond acceptors (Lipinski definition) is 7. The van der Waals surface area contributed by atoms with Crippen LogP contribution in [0.4, 0.5) is 15.4 Å². The van der Waals surface area contributed by atoms with Gasteiger partial charge >= 0.3 is 12.2 Å². The van der Waals surface area contributed by atoms with Crippen LogP contribution >= 0.6 is 0 Å². The lowest BCUT2D eigenvalue weighted by Gasteiger charge is -2.39. The summed E-state index contributed by atoms with van der Waals surface area (Å²) in [5.74, 6) is 0.967. The van der Waals surface area contributed by atoms with Crippen LogP contribution in [0.3, 0.4) is 0 Å². The molecular weight excluding hydrogens is 478 g/mol. The van der Waals surface area contributed by atoms with Crippen LogP contribution in [0.5, 0.6) is 0 Å². The number of imidazole rings is 1. The van der Waals surface area contributed by atoms with Gasteiger partial charge in [0.05, 0.1) is 37.4 Å². The molecule has 200 valence electrons. The number of carbonyl (C=O) groups is 3. The third kappa shape index (κ3) is 5.18. The van der Waals surface area contributed by atoms with E-state index >= 15 is 0 Å². The number of rotatable bonds is 5. The maximum absolute atomic E-state index is 13.7. The summed E-state index contributed by atoms with van der Waals surface area (Å²) in [5, 5.41) is 9.91. The third-order valence-electron chi connectivity index (χ3n) is 6.68. The molecule has 1 N–H and O–H groups in total. The molecule has 1 atom stereocenters. The van der Waals surface area contributed by atoms with E-state index < -0.39 is 24.0 Å². The number of carboxylic acid groups (broad SMARTS) is 1. The monoisotopic (exact) mass is 513 g/mol. The molecular formula is C25H35N7O5. The van der Waals surface area contributed by atoms with Crippen molar-refractivity contribution >= 4 is 23.9 Å². The summed E-state index contributed by atoms with van der Waals surface area (Å²) in [7, 11) is 3.52. The van der Waals surface area contributed by atoms with Gasteiger partial charge in [-0.15, -0.1) is 0 Å². The Hall–Kier alpha value is -3.83. The minimum atomic E-state index is -1.12. The lowest BCUT2D eigenvalue weighted by Crippen LogP contribution is -2.55. The van der Waals surface area contributed by atoms with Gasteiger partial charge in [0.25, 0.3) is 5.91 Å². The molecule has 2 aliphatic rings. The Labute approximate surface area is 216 Å². The van der Waals surface area contributed by atoms with Crippen LogP contribution in [0.2, 0.25) is 0 Å². The van der Waals surface area contributed by atoms with Crippen LogP contribution < -0.4 is 4.90 Å². The quantitative estimate of drug-likeness (QED) is 0.647. The smallest absolute Gasteiger partial charge is 0.410 e. The van der Waals surface area contributed by atoms with E-state index in [1.54, 1.807) is 51.2 Å². The zero-order valence-corrected chi connectivity index (χ0v) is 22.4. The molecule has 0 fully saturated rings. The van der Waals surface area contributed by atoms with Crippen molar-refractivity contribution < 1.29 is 24.2 Å². The summed E-state index contributed by atoms with van der Waals surface area (Å²) in [4.78, 5) is 53.8. The molecule has 4 rings (SSSR count). The Morgan fingerprint density at radius 3 is 2.57 bits per heavy atom. The maximum atomic E-state index is 13.7. The van der Waals surface area contributed by atoms with E-state index in [4.69, 9.17) is 9.72 Å². The second kappa shape index (κ2) is 9.56. The Balaban J connectivity index is 1.70. The zero-order valence-electron chi connectivity index (χ0n) is 22.4. The minimum absolute atomic E-state index is 0.0843. The van der Waals surface area contributed by atoms with E-state index in [-0.39, 0.29) is 38.1 Å². The topological polar surface area (TPSA) is 124 Å². The first-order valence-corrected chi connectivity index (χ1v) is 12.3. The molecule has 0 spiro atoms. The van der Waals surface area contributed by atoms with Crippen molar-refractivity contribution in [2.45, 2.75) is 78.6 Å². The Morgan fingerprint density at radius 2 is 1.95 bits per heavy atom. The molecule has 12 heteroatoms. The predicted molar refractivity (Wildman–Crippen MR) is 135 cm³/mol. The zero-order chi connectivity index (χ0) is 27.2. The number of ether oxygens (including phenoxy) is 1. The molecule has 0 saturated carbocycles. The van der Waals surface area contributed by atoms with Crippen molar-refractivity contribution in [3.05, 3.63) is 41.1 Å². The maximum Gasteiger partial charge on any atom is 0.410 e. The average Bonchev–Trinajstić information content (AvgIpc) is 3.40. The highest BCUT2D eigenvalue weighted by molar-refractivity contribution is 5.99. The van der Waals surface area contributed by atoms with Gasteiger partial charge in [-0.25, -0.2) is 19.6 Å². The predicted octanol–water partition coefficient (Wildman–Crippen LogP) is 2.97. The summed E-state index contributed by atoms with van der Waals surface area (Å²) >= 11 is 0. The van der Waals surface area contributed by atoms with Gasteiger partial charge in [0.2, 0.25) is 0 Å². The number of pyridine rings is 1. The second-order valence-electron chi connectivity index (χ2n) is 10.8. The van der Waals surface area contributed by atoms with Gasteiger partial charge in [-0.05, 0) is 40.7 Å². The van der Waals surface area contributed by atoms with E-state index in [1.807, 2.05) is 30.4 Å². The highest BCUT2D eigenvalue weighted by Crippen LogP contribution is 2.33. The molecule has 4 heterocycles. The van der Waals surface area contributed by atoms with Gasteiger partial charge in [0, 0.05) is 38.1 Å². The number of fused-ring (bicyclic) bond motifs is 2. The number of carbonyl (C=O) groups excluding carboxylic acids is 2. The van der Waals surface area contributed by atoms with Crippen LogP contribution in [0.1, 0.15) is 62.1 Å². The van der Waals surface area contributed by atoms with Crippen LogP contribution in [-0.4, -0.2) is 84.3 Å². The molecule has 37 heavy (non-hydrogen) atoms. The Kier molecular flexibility index (Phi) is 6.78. The fraction of sp³-hybridized carbons (Fsp3) is 0.560. The molecule has 0 aromatic carbocycles. The fourth-order valence-electron chi connectivity index (χ4n) is 4.47. The highest BCUT2D eigenvalue weighted by Gasteiger charge is 2.42. The Bertz CT molecular complexity index is 1220. The van der Waals surface area contributed by atoms with Gasteiger partial charge in [-0.1, -0.05) is 0 Å². The summed E-state index contributed by atoms with van der Waals surface area (Å²) in [6.45, 7) is 10.1.